The summed E-state index contributed by atoms with van der Waals surface area (Å²) in [6.07, 6.45) is 0.889. The molecule has 4 heteroatoms. The average Bonchev–Trinajstić information content (AvgIpc) is 2.21. The smallest absolute Gasteiger partial charge is 0.162 e. The van der Waals surface area contributed by atoms with Crippen LogP contribution in [0, 0.1) is 5.92 Å². The quantitative estimate of drug-likeness (QED) is 0.689. The maximum atomic E-state index is 9.85. The average molecular weight is 218 g/mol. The van der Waals surface area contributed by atoms with Crippen molar-refractivity contribution in [1.82, 2.24) is 0 Å². The van der Waals surface area contributed by atoms with Crippen LogP contribution >= 0.6 is 0 Å². The molecule has 1 aliphatic heterocycles. The van der Waals surface area contributed by atoms with Crippen molar-refractivity contribution in [2.75, 3.05) is 13.2 Å². The van der Waals surface area contributed by atoms with E-state index < -0.39 is 5.79 Å². The summed E-state index contributed by atoms with van der Waals surface area (Å²) in [7, 11) is 0. The second-order valence-corrected chi connectivity index (χ2v) is 4.47. The highest BCUT2D eigenvalue weighted by molar-refractivity contribution is 4.81. The van der Waals surface area contributed by atoms with Crippen molar-refractivity contribution in [3.05, 3.63) is 0 Å². The monoisotopic (exact) mass is 218 g/mol. The third-order valence-corrected chi connectivity index (χ3v) is 3.06. The number of ether oxygens (including phenoxy) is 2. The molecule has 0 aromatic rings. The van der Waals surface area contributed by atoms with Crippen LogP contribution in [0.25, 0.3) is 0 Å². The molecule has 15 heavy (non-hydrogen) atoms. The van der Waals surface area contributed by atoms with Crippen molar-refractivity contribution >= 4 is 0 Å². The molecule has 4 nitrogen and oxygen atoms in total. The Bertz CT molecular complexity index is 193. The van der Waals surface area contributed by atoms with Crippen LogP contribution in [0.5, 0.6) is 0 Å². The van der Waals surface area contributed by atoms with Crippen LogP contribution in [0.2, 0.25) is 0 Å². The van der Waals surface area contributed by atoms with E-state index in [1.165, 1.54) is 0 Å². The summed E-state index contributed by atoms with van der Waals surface area (Å²) in [5.74, 6) is -0.832. The van der Waals surface area contributed by atoms with Gasteiger partial charge in [-0.2, -0.15) is 0 Å². The van der Waals surface area contributed by atoms with E-state index >= 15 is 0 Å². The number of aliphatic hydroxyl groups excluding tert-OH is 1. The van der Waals surface area contributed by atoms with E-state index in [-0.39, 0.29) is 18.8 Å². The summed E-state index contributed by atoms with van der Waals surface area (Å²) < 4.78 is 11.0. The molecule has 0 bridgehead atoms. The minimum atomic E-state index is -1.13. The van der Waals surface area contributed by atoms with Crippen molar-refractivity contribution in [1.29, 1.82) is 0 Å². The van der Waals surface area contributed by atoms with Gasteiger partial charge in [-0.3, -0.25) is 0 Å². The second-order valence-electron chi connectivity index (χ2n) is 4.47. The molecule has 1 aliphatic rings. The number of hydrogen-bond acceptors (Lipinski definition) is 4. The summed E-state index contributed by atoms with van der Waals surface area (Å²) in [6.45, 7) is 6.15. The van der Waals surface area contributed by atoms with E-state index in [2.05, 4.69) is 6.92 Å². The Labute approximate surface area is 91.2 Å². The lowest BCUT2D eigenvalue weighted by atomic mass is 9.94. The Hall–Kier alpha value is -0.160. The van der Waals surface area contributed by atoms with Crippen molar-refractivity contribution in [2.24, 2.45) is 5.92 Å². The molecule has 0 spiro atoms. The van der Waals surface area contributed by atoms with Crippen LogP contribution in [-0.4, -0.2) is 41.4 Å². The molecule has 2 N–H and O–H groups in total. The van der Waals surface area contributed by atoms with Crippen LogP contribution in [0.15, 0.2) is 0 Å². The first-order chi connectivity index (χ1) is 7.00. The number of aliphatic hydroxyl groups is 2. The van der Waals surface area contributed by atoms with E-state index in [9.17, 15) is 5.11 Å². The Kier molecular flexibility index (Phi) is 4.52. The van der Waals surface area contributed by atoms with Crippen LogP contribution in [-0.2, 0) is 9.47 Å². The Morgan fingerprint density at radius 3 is 2.73 bits per heavy atom. The van der Waals surface area contributed by atoms with E-state index in [0.29, 0.717) is 18.9 Å². The molecule has 1 unspecified atom stereocenters. The fourth-order valence-corrected chi connectivity index (χ4v) is 1.76. The predicted octanol–water partition coefficient (Wildman–Crippen LogP) is 0.907. The molecule has 1 heterocycles. The van der Waals surface area contributed by atoms with Gasteiger partial charge in [-0.05, 0) is 25.7 Å². The van der Waals surface area contributed by atoms with Gasteiger partial charge < -0.3 is 19.7 Å². The van der Waals surface area contributed by atoms with Gasteiger partial charge in [0, 0.05) is 6.61 Å². The maximum absolute atomic E-state index is 9.85. The van der Waals surface area contributed by atoms with Crippen LogP contribution < -0.4 is 0 Å². The molecule has 0 amide bonds. The topological polar surface area (TPSA) is 58.9 Å². The molecule has 0 saturated carbocycles. The third kappa shape index (κ3) is 3.41. The van der Waals surface area contributed by atoms with Gasteiger partial charge in [0.2, 0.25) is 0 Å². The molecule has 0 aromatic heterocycles. The van der Waals surface area contributed by atoms with Crippen molar-refractivity contribution < 1.29 is 19.7 Å². The van der Waals surface area contributed by atoms with Crippen molar-refractivity contribution in [3.8, 4) is 0 Å². The van der Waals surface area contributed by atoms with Gasteiger partial charge in [-0.25, -0.2) is 0 Å². The van der Waals surface area contributed by atoms with Gasteiger partial charge in [0.15, 0.2) is 5.79 Å². The number of rotatable bonds is 4. The molecule has 0 aliphatic carbocycles. The van der Waals surface area contributed by atoms with Gasteiger partial charge in [0.25, 0.3) is 0 Å². The first-order valence-electron chi connectivity index (χ1n) is 5.63. The van der Waals surface area contributed by atoms with Crippen LogP contribution in [0.1, 0.15) is 33.6 Å². The molecule has 4 atom stereocenters. The minimum Gasteiger partial charge on any atom is -0.394 e. The van der Waals surface area contributed by atoms with Gasteiger partial charge in [-0.1, -0.05) is 13.8 Å². The van der Waals surface area contributed by atoms with E-state index in [0.717, 1.165) is 6.42 Å². The van der Waals surface area contributed by atoms with Gasteiger partial charge in [-0.15, -0.1) is 0 Å². The molecule has 0 radical (unpaired) electrons. The highest BCUT2D eigenvalue weighted by atomic mass is 16.6. The Balaban J connectivity index is 2.62. The summed E-state index contributed by atoms with van der Waals surface area (Å²) in [5.41, 5.74) is 0. The third-order valence-electron chi connectivity index (χ3n) is 3.06. The van der Waals surface area contributed by atoms with E-state index in [1.54, 1.807) is 6.92 Å². The van der Waals surface area contributed by atoms with Crippen LogP contribution in [0.4, 0.5) is 0 Å². The van der Waals surface area contributed by atoms with Crippen molar-refractivity contribution in [3.63, 3.8) is 0 Å². The Morgan fingerprint density at radius 2 is 2.20 bits per heavy atom. The largest absolute Gasteiger partial charge is 0.394 e. The summed E-state index contributed by atoms with van der Waals surface area (Å²) in [4.78, 5) is 0. The lowest BCUT2D eigenvalue weighted by molar-refractivity contribution is -0.266. The summed E-state index contributed by atoms with van der Waals surface area (Å²) in [6, 6.07) is 0. The lowest BCUT2D eigenvalue weighted by Crippen LogP contribution is -2.48. The first kappa shape index (κ1) is 12.9. The number of hydrogen-bond donors (Lipinski definition) is 2. The molecule has 90 valence electrons. The minimum absolute atomic E-state index is 0.0607. The van der Waals surface area contributed by atoms with E-state index in [1.807, 2.05) is 6.92 Å². The SMILES string of the molecule is CCC(C)(O)O[C@H]1[C@H](C)CCO[C@@H]1CO. The standard InChI is InChI=1S/C11H22O4/c1-4-11(3,13)15-10-8(2)5-6-14-9(10)7-12/h8-10,12-13H,4-7H2,1-3H3/t8-,9-,10+,11?/m1/s1. The van der Waals surface area contributed by atoms with Crippen molar-refractivity contribution in [2.45, 2.75) is 51.6 Å². The summed E-state index contributed by atoms with van der Waals surface area (Å²) in [5, 5.41) is 19.0. The highest BCUT2D eigenvalue weighted by Gasteiger charge is 2.36. The highest BCUT2D eigenvalue weighted by Crippen LogP contribution is 2.27. The molecule has 1 fully saturated rings. The maximum Gasteiger partial charge on any atom is 0.162 e. The normalized spacial score (nSPS) is 36.2. The molecular weight excluding hydrogens is 196 g/mol. The van der Waals surface area contributed by atoms with Crippen LogP contribution in [0.3, 0.4) is 0 Å². The van der Waals surface area contributed by atoms with Gasteiger partial charge in [0.1, 0.15) is 6.10 Å². The zero-order valence-corrected chi connectivity index (χ0v) is 9.77. The first-order valence-corrected chi connectivity index (χ1v) is 5.63. The molecule has 1 rings (SSSR count). The lowest BCUT2D eigenvalue weighted by Gasteiger charge is -2.39. The molecule has 0 aromatic carbocycles. The Morgan fingerprint density at radius 1 is 1.53 bits per heavy atom. The fraction of sp³-hybridized carbons (Fsp3) is 1.00. The second kappa shape index (κ2) is 5.25. The molecule has 1 saturated heterocycles. The summed E-state index contributed by atoms with van der Waals surface area (Å²) >= 11 is 0. The van der Waals surface area contributed by atoms with E-state index in [4.69, 9.17) is 14.6 Å². The zero-order valence-electron chi connectivity index (χ0n) is 9.77. The zero-order chi connectivity index (χ0) is 11.5. The molecular formula is C11H22O4. The predicted molar refractivity (Wildman–Crippen MR) is 56.4 cm³/mol. The van der Waals surface area contributed by atoms with Gasteiger partial charge >= 0.3 is 0 Å². The fourth-order valence-electron chi connectivity index (χ4n) is 1.76. The van der Waals surface area contributed by atoms with Gasteiger partial charge in [0.05, 0.1) is 12.7 Å².